The van der Waals surface area contributed by atoms with Crippen LogP contribution in [0.2, 0.25) is 5.02 Å². The summed E-state index contributed by atoms with van der Waals surface area (Å²) in [4.78, 5) is 3.77. The molecule has 0 aliphatic rings. The van der Waals surface area contributed by atoms with Crippen molar-refractivity contribution in [3.63, 3.8) is 0 Å². The Hall–Kier alpha value is 0.310. The van der Waals surface area contributed by atoms with Gasteiger partial charge in [0.15, 0.2) is 0 Å². The number of nitrogens with zero attached hydrogens (tertiary/aromatic N) is 1. The van der Waals surface area contributed by atoms with Gasteiger partial charge in [-0.3, -0.25) is 4.98 Å². The zero-order valence-electron chi connectivity index (χ0n) is 5.19. The van der Waals surface area contributed by atoms with Crippen LogP contribution in [-0.2, 0) is 3.79 Å². The van der Waals surface area contributed by atoms with Crippen LogP contribution in [-0.4, -0.2) is 4.98 Å². The smallest absolute Gasteiger partial charge is 0.217 e. The number of aromatic nitrogens is 1. The molecular formula is C6H3Cl4N. The van der Waals surface area contributed by atoms with Gasteiger partial charge in [-0.05, 0) is 6.07 Å². The number of hydrogen-bond acceptors (Lipinski definition) is 1. The second-order valence-electron chi connectivity index (χ2n) is 1.89. The van der Waals surface area contributed by atoms with Crippen LogP contribution >= 0.6 is 46.4 Å². The minimum atomic E-state index is -1.45. The third kappa shape index (κ3) is 2.68. The van der Waals surface area contributed by atoms with E-state index in [1.165, 1.54) is 12.4 Å². The molecule has 0 aliphatic carbocycles. The average Bonchev–Trinajstić information content (AvgIpc) is 1.86. The molecule has 1 aromatic heterocycles. The predicted molar refractivity (Wildman–Crippen MR) is 48.5 cm³/mol. The molecule has 60 valence electrons. The van der Waals surface area contributed by atoms with Gasteiger partial charge in [0.05, 0.1) is 5.02 Å². The molecule has 0 aromatic carbocycles. The van der Waals surface area contributed by atoms with E-state index in [1.54, 1.807) is 6.07 Å². The SMILES string of the molecule is Clc1cncc(C(Cl)(Cl)Cl)c1. The van der Waals surface area contributed by atoms with E-state index in [2.05, 4.69) is 4.98 Å². The highest BCUT2D eigenvalue weighted by Crippen LogP contribution is 2.38. The Morgan fingerprint density at radius 3 is 2.18 bits per heavy atom. The van der Waals surface area contributed by atoms with Gasteiger partial charge in [0.2, 0.25) is 3.79 Å². The summed E-state index contributed by atoms with van der Waals surface area (Å²) in [5, 5.41) is 0.453. The average molecular weight is 231 g/mol. The maximum Gasteiger partial charge on any atom is 0.217 e. The lowest BCUT2D eigenvalue weighted by atomic mass is 10.3. The Balaban J connectivity index is 3.06. The van der Waals surface area contributed by atoms with Crippen molar-refractivity contribution in [3.05, 3.63) is 29.0 Å². The van der Waals surface area contributed by atoms with Crippen molar-refractivity contribution in [1.82, 2.24) is 4.98 Å². The fraction of sp³-hybridized carbons (Fsp3) is 0.167. The van der Waals surface area contributed by atoms with Gasteiger partial charge >= 0.3 is 0 Å². The molecule has 0 fully saturated rings. The summed E-state index contributed by atoms with van der Waals surface area (Å²) in [6.07, 6.45) is 2.93. The maximum atomic E-state index is 5.61. The minimum absolute atomic E-state index is 0.453. The van der Waals surface area contributed by atoms with Crippen molar-refractivity contribution in [3.8, 4) is 0 Å². The maximum absolute atomic E-state index is 5.61. The van der Waals surface area contributed by atoms with Crippen molar-refractivity contribution in [2.45, 2.75) is 3.79 Å². The quantitative estimate of drug-likeness (QED) is 0.622. The van der Waals surface area contributed by atoms with Gasteiger partial charge < -0.3 is 0 Å². The molecule has 0 unspecified atom stereocenters. The summed E-state index contributed by atoms with van der Waals surface area (Å²) in [7, 11) is 0. The Labute approximate surface area is 84.2 Å². The van der Waals surface area contributed by atoms with E-state index < -0.39 is 3.79 Å². The normalized spacial score (nSPS) is 11.6. The Bertz CT molecular complexity index is 255. The van der Waals surface area contributed by atoms with Crippen molar-refractivity contribution in [1.29, 1.82) is 0 Å². The molecule has 0 spiro atoms. The first-order valence-corrected chi connectivity index (χ1v) is 4.19. The zero-order chi connectivity index (χ0) is 8.48. The van der Waals surface area contributed by atoms with Crippen molar-refractivity contribution >= 4 is 46.4 Å². The number of hydrogen-bond donors (Lipinski definition) is 0. The highest BCUT2D eigenvalue weighted by Gasteiger charge is 2.22. The van der Waals surface area contributed by atoms with Gasteiger partial charge in [0, 0.05) is 18.0 Å². The van der Waals surface area contributed by atoms with Gasteiger partial charge in [-0.2, -0.15) is 0 Å². The van der Waals surface area contributed by atoms with Crippen molar-refractivity contribution in [2.24, 2.45) is 0 Å². The molecule has 11 heavy (non-hydrogen) atoms. The molecule has 5 heteroatoms. The molecule has 0 saturated carbocycles. The van der Waals surface area contributed by atoms with Gasteiger partial charge in [0.25, 0.3) is 0 Å². The standard InChI is InChI=1S/C6H3Cl4N/c7-5-1-4(2-11-3-5)6(8,9)10/h1-3H. The van der Waals surface area contributed by atoms with E-state index in [0.29, 0.717) is 10.6 Å². The lowest BCUT2D eigenvalue weighted by molar-refractivity contribution is 1.17. The molecule has 1 heterocycles. The number of rotatable bonds is 0. The second-order valence-corrected chi connectivity index (χ2v) is 4.61. The van der Waals surface area contributed by atoms with Gasteiger partial charge in [-0.1, -0.05) is 46.4 Å². The van der Waals surface area contributed by atoms with Crippen LogP contribution in [0.25, 0.3) is 0 Å². The van der Waals surface area contributed by atoms with Crippen LogP contribution in [0.3, 0.4) is 0 Å². The van der Waals surface area contributed by atoms with Crippen LogP contribution < -0.4 is 0 Å². The van der Waals surface area contributed by atoms with Gasteiger partial charge in [0.1, 0.15) is 0 Å². The summed E-state index contributed by atoms with van der Waals surface area (Å²) in [5.41, 5.74) is 0.468. The van der Waals surface area contributed by atoms with Gasteiger partial charge in [-0.25, -0.2) is 0 Å². The monoisotopic (exact) mass is 229 g/mol. The fourth-order valence-electron chi connectivity index (χ4n) is 0.567. The summed E-state index contributed by atoms with van der Waals surface area (Å²) in [6, 6.07) is 1.56. The minimum Gasteiger partial charge on any atom is -0.263 e. The Morgan fingerprint density at radius 1 is 1.18 bits per heavy atom. The van der Waals surface area contributed by atoms with E-state index in [9.17, 15) is 0 Å². The number of halogens is 4. The van der Waals surface area contributed by atoms with E-state index >= 15 is 0 Å². The van der Waals surface area contributed by atoms with Crippen LogP contribution in [0, 0.1) is 0 Å². The first kappa shape index (κ1) is 9.40. The molecule has 1 nitrogen and oxygen atoms in total. The summed E-state index contributed by atoms with van der Waals surface area (Å²) < 4.78 is -1.45. The van der Waals surface area contributed by atoms with Gasteiger partial charge in [-0.15, -0.1) is 0 Å². The molecule has 0 bridgehead atoms. The lowest BCUT2D eigenvalue weighted by Gasteiger charge is -2.09. The molecule has 1 rings (SSSR count). The third-order valence-electron chi connectivity index (χ3n) is 1.03. The highest BCUT2D eigenvalue weighted by molar-refractivity contribution is 6.66. The highest BCUT2D eigenvalue weighted by atomic mass is 35.6. The van der Waals surface area contributed by atoms with E-state index in [-0.39, 0.29) is 0 Å². The van der Waals surface area contributed by atoms with Crippen LogP contribution in [0.5, 0.6) is 0 Å². The second kappa shape index (κ2) is 3.36. The van der Waals surface area contributed by atoms with E-state index in [0.717, 1.165) is 0 Å². The molecule has 0 saturated heterocycles. The molecule has 1 aromatic rings. The molecule has 0 N–H and O–H groups in total. The number of alkyl halides is 3. The third-order valence-corrected chi connectivity index (χ3v) is 1.89. The van der Waals surface area contributed by atoms with Crippen LogP contribution in [0.1, 0.15) is 5.56 Å². The first-order chi connectivity index (χ1) is 5.00. The molecule has 0 radical (unpaired) electrons. The fourth-order valence-corrected chi connectivity index (χ4v) is 1.05. The largest absolute Gasteiger partial charge is 0.263 e. The van der Waals surface area contributed by atoms with Crippen LogP contribution in [0.15, 0.2) is 18.5 Å². The topological polar surface area (TPSA) is 12.9 Å². The molecule has 0 amide bonds. The Kier molecular flexibility index (Phi) is 2.87. The lowest BCUT2D eigenvalue weighted by Crippen LogP contribution is -1.99. The summed E-state index contributed by atoms with van der Waals surface area (Å²) in [6.45, 7) is 0. The summed E-state index contributed by atoms with van der Waals surface area (Å²) in [5.74, 6) is 0. The van der Waals surface area contributed by atoms with Crippen molar-refractivity contribution < 1.29 is 0 Å². The van der Waals surface area contributed by atoms with Crippen molar-refractivity contribution in [2.75, 3.05) is 0 Å². The first-order valence-electron chi connectivity index (χ1n) is 2.68. The predicted octanol–water partition coefficient (Wildman–Crippen LogP) is 3.56. The van der Waals surface area contributed by atoms with Crippen LogP contribution in [0.4, 0.5) is 0 Å². The van der Waals surface area contributed by atoms with E-state index in [4.69, 9.17) is 46.4 Å². The zero-order valence-corrected chi connectivity index (χ0v) is 8.21. The Morgan fingerprint density at radius 2 is 1.82 bits per heavy atom. The molecular weight excluding hydrogens is 228 g/mol. The van der Waals surface area contributed by atoms with E-state index in [1.807, 2.05) is 0 Å². The number of pyridine rings is 1. The molecule has 0 atom stereocenters. The molecule has 0 aliphatic heterocycles. The summed E-state index contributed by atoms with van der Waals surface area (Å²) >= 11 is 22.3.